The quantitative estimate of drug-likeness (QED) is 0.833. The zero-order valence-electron chi connectivity index (χ0n) is 11.5. The third kappa shape index (κ3) is 2.72. The van der Waals surface area contributed by atoms with Crippen LogP contribution in [0.1, 0.15) is 25.8 Å². The minimum Gasteiger partial charge on any atom is -0.299 e. The molecule has 1 heterocycles. The van der Waals surface area contributed by atoms with E-state index in [9.17, 15) is 13.2 Å². The van der Waals surface area contributed by atoms with E-state index in [0.717, 1.165) is 5.56 Å². The molecule has 0 amide bonds. The van der Waals surface area contributed by atoms with Crippen molar-refractivity contribution in [2.24, 2.45) is 5.92 Å². The molecule has 0 N–H and O–H groups in total. The number of nitrogens with zero attached hydrogens (tertiary/aromatic N) is 1. The molecule has 1 saturated heterocycles. The molecule has 2 rings (SSSR count). The number of hydrogen-bond acceptors (Lipinski definition) is 3. The van der Waals surface area contributed by atoms with E-state index < -0.39 is 10.0 Å². The van der Waals surface area contributed by atoms with Gasteiger partial charge in [-0.05, 0) is 26.0 Å². The topological polar surface area (TPSA) is 54.5 Å². The fourth-order valence-electron chi connectivity index (χ4n) is 2.33. The van der Waals surface area contributed by atoms with E-state index in [1.54, 1.807) is 38.1 Å². The first kappa shape index (κ1) is 14.2. The van der Waals surface area contributed by atoms with E-state index in [4.69, 9.17) is 0 Å². The van der Waals surface area contributed by atoms with Crippen molar-refractivity contribution in [3.63, 3.8) is 0 Å². The van der Waals surface area contributed by atoms with E-state index in [0.29, 0.717) is 11.3 Å². The number of Topliss-reactive ketones (excluding diaryl/α,β-unsaturated/α-hetero) is 1. The minimum absolute atomic E-state index is 0.142. The van der Waals surface area contributed by atoms with Gasteiger partial charge in [-0.15, -0.1) is 0 Å². The van der Waals surface area contributed by atoms with Gasteiger partial charge in [-0.25, -0.2) is 8.42 Å². The lowest BCUT2D eigenvalue weighted by Gasteiger charge is -2.34. The van der Waals surface area contributed by atoms with Gasteiger partial charge in [0.05, 0.1) is 4.90 Å². The highest BCUT2D eigenvalue weighted by Gasteiger charge is 2.37. The first-order valence-electron chi connectivity index (χ1n) is 6.43. The highest BCUT2D eigenvalue weighted by atomic mass is 32.2. The predicted molar refractivity (Wildman–Crippen MR) is 73.3 cm³/mol. The Morgan fingerprint density at radius 3 is 2.32 bits per heavy atom. The summed E-state index contributed by atoms with van der Waals surface area (Å²) in [5, 5.41) is 0. The number of hydrogen-bond donors (Lipinski definition) is 0. The first-order valence-corrected chi connectivity index (χ1v) is 7.87. The Hall–Kier alpha value is -1.20. The third-order valence-electron chi connectivity index (χ3n) is 3.62. The standard InChI is InChI=1S/C14H19NO3S/c1-10-4-6-13(7-5-10)19(17,18)15-9-11(2)14(16)8-12(15)3/h4-7,11-12H,8-9H2,1-3H3/t11-,12-/m0/s1. The molecule has 1 aromatic carbocycles. The molecular formula is C14H19NO3S. The largest absolute Gasteiger partial charge is 0.299 e. The Balaban J connectivity index is 2.34. The van der Waals surface area contributed by atoms with Crippen LogP contribution in [0.2, 0.25) is 0 Å². The second-order valence-corrected chi connectivity index (χ2v) is 7.20. The summed E-state index contributed by atoms with van der Waals surface area (Å²) < 4.78 is 26.6. The molecule has 0 unspecified atom stereocenters. The molecule has 0 bridgehead atoms. The molecule has 0 spiro atoms. The van der Waals surface area contributed by atoms with Crippen molar-refractivity contribution in [3.05, 3.63) is 29.8 Å². The van der Waals surface area contributed by atoms with Crippen molar-refractivity contribution in [2.75, 3.05) is 6.54 Å². The molecule has 0 radical (unpaired) electrons. The van der Waals surface area contributed by atoms with Crippen LogP contribution in [0.15, 0.2) is 29.2 Å². The van der Waals surface area contributed by atoms with Crippen molar-refractivity contribution in [1.82, 2.24) is 4.31 Å². The molecule has 4 nitrogen and oxygen atoms in total. The van der Waals surface area contributed by atoms with Crippen LogP contribution in [0.5, 0.6) is 0 Å². The molecule has 2 atom stereocenters. The number of piperidine rings is 1. The van der Waals surface area contributed by atoms with Gasteiger partial charge in [-0.2, -0.15) is 4.31 Å². The molecule has 19 heavy (non-hydrogen) atoms. The van der Waals surface area contributed by atoms with E-state index >= 15 is 0 Å². The molecule has 1 aliphatic rings. The molecule has 0 aromatic heterocycles. The van der Waals surface area contributed by atoms with Crippen LogP contribution in [0.25, 0.3) is 0 Å². The average Bonchev–Trinajstić information content (AvgIpc) is 2.34. The number of aryl methyl sites for hydroxylation is 1. The normalized spacial score (nSPS) is 25.5. The van der Waals surface area contributed by atoms with Crippen LogP contribution in [0.4, 0.5) is 0 Å². The Morgan fingerprint density at radius 2 is 1.74 bits per heavy atom. The number of sulfonamides is 1. The summed E-state index contributed by atoms with van der Waals surface area (Å²) in [4.78, 5) is 11.9. The van der Waals surface area contributed by atoms with Gasteiger partial charge in [0.25, 0.3) is 0 Å². The van der Waals surface area contributed by atoms with Gasteiger partial charge in [0, 0.05) is 24.9 Å². The van der Waals surface area contributed by atoms with Gasteiger partial charge >= 0.3 is 0 Å². The lowest BCUT2D eigenvalue weighted by molar-refractivity contribution is -0.125. The number of carbonyl (C=O) groups excluding carboxylic acids is 1. The Kier molecular flexibility index (Phi) is 3.78. The van der Waals surface area contributed by atoms with E-state index in [2.05, 4.69) is 0 Å². The highest BCUT2D eigenvalue weighted by Crippen LogP contribution is 2.26. The fourth-order valence-corrected chi connectivity index (χ4v) is 4.05. The molecular weight excluding hydrogens is 262 g/mol. The molecule has 104 valence electrons. The molecule has 5 heteroatoms. The zero-order valence-corrected chi connectivity index (χ0v) is 12.3. The molecule has 1 aliphatic heterocycles. The van der Waals surface area contributed by atoms with Crippen LogP contribution in [-0.4, -0.2) is 31.1 Å². The third-order valence-corrected chi connectivity index (χ3v) is 5.61. The monoisotopic (exact) mass is 281 g/mol. The van der Waals surface area contributed by atoms with Crippen molar-refractivity contribution in [3.8, 4) is 0 Å². The SMILES string of the molecule is Cc1ccc(S(=O)(=O)N2C[C@H](C)C(=O)C[C@@H]2C)cc1. The molecule has 1 aromatic rings. The van der Waals surface area contributed by atoms with Gasteiger partial charge in [-0.1, -0.05) is 24.6 Å². The molecule has 0 aliphatic carbocycles. The van der Waals surface area contributed by atoms with Gasteiger partial charge in [0.15, 0.2) is 0 Å². The van der Waals surface area contributed by atoms with E-state index in [-0.39, 0.29) is 24.3 Å². The Morgan fingerprint density at radius 1 is 1.16 bits per heavy atom. The van der Waals surface area contributed by atoms with Gasteiger partial charge < -0.3 is 0 Å². The highest BCUT2D eigenvalue weighted by molar-refractivity contribution is 7.89. The predicted octanol–water partition coefficient (Wildman–Crippen LogP) is 1.98. The summed E-state index contributed by atoms with van der Waals surface area (Å²) in [7, 11) is -3.50. The van der Waals surface area contributed by atoms with Crippen molar-refractivity contribution >= 4 is 15.8 Å². The van der Waals surface area contributed by atoms with Crippen LogP contribution < -0.4 is 0 Å². The maximum absolute atomic E-state index is 12.6. The summed E-state index contributed by atoms with van der Waals surface area (Å²) in [5.74, 6) is -0.0840. The fraction of sp³-hybridized carbons (Fsp3) is 0.500. The van der Waals surface area contributed by atoms with Crippen LogP contribution >= 0.6 is 0 Å². The lowest BCUT2D eigenvalue weighted by Crippen LogP contribution is -2.48. The maximum atomic E-state index is 12.6. The summed E-state index contributed by atoms with van der Waals surface area (Å²) in [6, 6.07) is 6.55. The van der Waals surface area contributed by atoms with Gasteiger partial charge in [0.1, 0.15) is 5.78 Å². The van der Waals surface area contributed by atoms with Crippen LogP contribution in [0, 0.1) is 12.8 Å². The van der Waals surface area contributed by atoms with Crippen LogP contribution in [0.3, 0.4) is 0 Å². The summed E-state index contributed by atoms with van der Waals surface area (Å²) in [6.07, 6.45) is 0.298. The molecule has 0 saturated carbocycles. The number of benzene rings is 1. The van der Waals surface area contributed by atoms with Crippen LogP contribution in [-0.2, 0) is 14.8 Å². The van der Waals surface area contributed by atoms with E-state index in [1.165, 1.54) is 4.31 Å². The number of carbonyl (C=O) groups is 1. The number of rotatable bonds is 2. The minimum atomic E-state index is -3.50. The second kappa shape index (κ2) is 5.06. The summed E-state index contributed by atoms with van der Waals surface area (Å²) >= 11 is 0. The van der Waals surface area contributed by atoms with Gasteiger partial charge in [0.2, 0.25) is 10.0 Å². The maximum Gasteiger partial charge on any atom is 0.243 e. The lowest BCUT2D eigenvalue weighted by atomic mass is 9.96. The Bertz CT molecular complexity index is 577. The van der Waals surface area contributed by atoms with Crippen molar-refractivity contribution < 1.29 is 13.2 Å². The summed E-state index contributed by atoms with van der Waals surface area (Å²) in [6.45, 7) is 5.76. The second-order valence-electron chi connectivity index (χ2n) is 5.31. The average molecular weight is 281 g/mol. The zero-order chi connectivity index (χ0) is 14.2. The number of ketones is 1. The van der Waals surface area contributed by atoms with Crippen molar-refractivity contribution in [2.45, 2.75) is 38.1 Å². The smallest absolute Gasteiger partial charge is 0.243 e. The Labute approximate surface area is 114 Å². The first-order chi connectivity index (χ1) is 8.82. The van der Waals surface area contributed by atoms with Crippen molar-refractivity contribution in [1.29, 1.82) is 0 Å². The van der Waals surface area contributed by atoms with E-state index in [1.807, 2.05) is 6.92 Å². The van der Waals surface area contributed by atoms with Gasteiger partial charge in [-0.3, -0.25) is 4.79 Å². The summed E-state index contributed by atoms with van der Waals surface area (Å²) in [5.41, 5.74) is 1.02. The molecule has 1 fully saturated rings.